The Morgan fingerprint density at radius 1 is 0.190 bits per heavy atom. The fourth-order valence-corrected chi connectivity index (χ4v) is 12.4. The first-order valence-electron chi connectivity index (χ1n) is 28.6. The van der Waals surface area contributed by atoms with Gasteiger partial charge in [0.25, 0.3) is 0 Å². The van der Waals surface area contributed by atoms with Crippen molar-refractivity contribution in [3.05, 3.63) is 315 Å². The molecular formula is C80H52N2O2. The van der Waals surface area contributed by atoms with Gasteiger partial charge in [-0.2, -0.15) is 0 Å². The topological polar surface area (TPSA) is 32.8 Å². The molecule has 394 valence electrons. The third-order valence-corrected chi connectivity index (χ3v) is 16.6. The highest BCUT2D eigenvalue weighted by molar-refractivity contribution is 6.24. The lowest BCUT2D eigenvalue weighted by Gasteiger charge is -2.26. The summed E-state index contributed by atoms with van der Waals surface area (Å²) in [5.74, 6) is 0. The molecule has 0 unspecified atom stereocenters. The monoisotopic (exact) mass is 1070 g/mol. The number of hydrogen-bond acceptors (Lipinski definition) is 4. The van der Waals surface area contributed by atoms with Crippen molar-refractivity contribution in [1.29, 1.82) is 0 Å². The molecule has 0 radical (unpaired) electrons. The largest absolute Gasteiger partial charge is 0.455 e. The van der Waals surface area contributed by atoms with Crippen molar-refractivity contribution in [2.75, 3.05) is 9.80 Å². The molecule has 0 aliphatic heterocycles. The van der Waals surface area contributed by atoms with Gasteiger partial charge in [-0.1, -0.05) is 212 Å². The predicted octanol–water partition coefficient (Wildman–Crippen LogP) is 23.1. The first kappa shape index (κ1) is 48.7. The molecule has 2 heterocycles. The molecule has 0 saturated carbocycles. The van der Waals surface area contributed by atoms with Crippen molar-refractivity contribution >= 4 is 99.5 Å². The van der Waals surface area contributed by atoms with Crippen LogP contribution in [-0.2, 0) is 0 Å². The van der Waals surface area contributed by atoms with Crippen LogP contribution in [0.5, 0.6) is 0 Å². The molecular weight excluding hydrogens is 1020 g/mol. The van der Waals surface area contributed by atoms with Gasteiger partial charge >= 0.3 is 0 Å². The van der Waals surface area contributed by atoms with Crippen LogP contribution in [-0.4, -0.2) is 0 Å². The summed E-state index contributed by atoms with van der Waals surface area (Å²) >= 11 is 0. The lowest BCUT2D eigenvalue weighted by atomic mass is 9.97. The summed E-state index contributed by atoms with van der Waals surface area (Å²) in [5.41, 5.74) is 21.0. The Kier molecular flexibility index (Phi) is 11.8. The number of hydrogen-bond donors (Lipinski definition) is 0. The van der Waals surface area contributed by atoms with Gasteiger partial charge in [0.2, 0.25) is 0 Å². The van der Waals surface area contributed by atoms with Gasteiger partial charge in [0, 0.05) is 55.7 Å². The summed E-state index contributed by atoms with van der Waals surface area (Å²) in [6.07, 6.45) is 0. The number of furan rings is 2. The van der Waals surface area contributed by atoms with Gasteiger partial charge in [-0.3, -0.25) is 0 Å². The number of nitrogens with zero attached hydrogens (tertiary/aromatic N) is 2. The van der Waals surface area contributed by atoms with Crippen molar-refractivity contribution in [3.63, 3.8) is 0 Å². The van der Waals surface area contributed by atoms with Crippen LogP contribution < -0.4 is 9.80 Å². The zero-order chi connectivity index (χ0) is 55.5. The van der Waals surface area contributed by atoms with E-state index in [1.54, 1.807) is 0 Å². The van der Waals surface area contributed by atoms with E-state index in [9.17, 15) is 0 Å². The summed E-state index contributed by atoms with van der Waals surface area (Å²) in [7, 11) is 0. The minimum atomic E-state index is 0.802. The molecule has 0 fully saturated rings. The first-order valence-corrected chi connectivity index (χ1v) is 28.6. The van der Waals surface area contributed by atoms with Crippen LogP contribution in [0, 0.1) is 0 Å². The van der Waals surface area contributed by atoms with Gasteiger partial charge in [-0.25, -0.2) is 0 Å². The van der Waals surface area contributed by atoms with Crippen LogP contribution >= 0.6 is 0 Å². The molecule has 0 atom stereocenters. The number of fused-ring (bicyclic) bond motifs is 8. The fourth-order valence-electron chi connectivity index (χ4n) is 12.4. The summed E-state index contributed by atoms with van der Waals surface area (Å²) < 4.78 is 14.2. The van der Waals surface area contributed by atoms with E-state index in [2.05, 4.69) is 325 Å². The maximum absolute atomic E-state index is 7.12. The van der Waals surface area contributed by atoms with E-state index >= 15 is 0 Å². The second-order valence-corrected chi connectivity index (χ2v) is 21.7. The second-order valence-electron chi connectivity index (χ2n) is 21.7. The Labute approximate surface area is 486 Å². The third kappa shape index (κ3) is 8.73. The van der Waals surface area contributed by atoms with Gasteiger partial charge in [0.05, 0.1) is 5.56 Å². The van der Waals surface area contributed by atoms with E-state index in [0.717, 1.165) is 111 Å². The normalized spacial score (nSPS) is 11.6. The van der Waals surface area contributed by atoms with Crippen LogP contribution in [0.2, 0.25) is 0 Å². The van der Waals surface area contributed by atoms with E-state index < -0.39 is 0 Å². The van der Waals surface area contributed by atoms with Crippen molar-refractivity contribution < 1.29 is 8.83 Å². The van der Waals surface area contributed by atoms with E-state index in [0.29, 0.717) is 0 Å². The highest BCUT2D eigenvalue weighted by atomic mass is 16.3. The van der Waals surface area contributed by atoms with Gasteiger partial charge < -0.3 is 18.6 Å². The van der Waals surface area contributed by atoms with Gasteiger partial charge in [0.15, 0.2) is 0 Å². The lowest BCUT2D eigenvalue weighted by molar-refractivity contribution is 0.658. The van der Waals surface area contributed by atoms with Crippen molar-refractivity contribution in [2.24, 2.45) is 0 Å². The number of benzene rings is 14. The Hall–Kier alpha value is -11.2. The van der Waals surface area contributed by atoms with E-state index in [-0.39, 0.29) is 0 Å². The molecule has 4 nitrogen and oxygen atoms in total. The number of rotatable bonds is 11. The average Bonchev–Trinajstić information content (AvgIpc) is 3.51. The standard InChI is InChI=1S/C80H52N2O2/c1-6-16-53(17-7-1)57-26-36-66(37-27-57)81(67-38-28-58(29-39-67)54-18-8-2-9-19-54)70-44-34-62-48-72-74-52-75-73-49-63-35-45-71(47-65(63)51-77(73)84-80(75)78(61-24-14-5-15-25-61)79(74)83-76(72)50-64(62)46-70)82(68-40-30-59(31-41-68)55-20-10-3-11-21-55)69-42-32-60(33-43-69)56-22-12-4-13-23-56/h1-52H. The van der Waals surface area contributed by atoms with E-state index in [1.165, 1.54) is 44.5 Å². The maximum Gasteiger partial charge on any atom is 0.147 e. The van der Waals surface area contributed by atoms with Crippen LogP contribution in [0.1, 0.15) is 0 Å². The molecule has 14 aromatic carbocycles. The number of anilines is 6. The SMILES string of the molecule is c1ccc(-c2ccc(N(c3ccc(-c4ccccc4)cc3)c3ccc4cc5c(cc4c3)oc3c(-c4ccccc4)c4oc6cc7cc(N(c8ccc(-c9ccccc9)cc8)c8ccc(-c9ccccc9)cc8)ccc7cc6c4cc35)cc2)cc1. The molecule has 0 amide bonds. The lowest BCUT2D eigenvalue weighted by Crippen LogP contribution is -2.09. The zero-order valence-corrected chi connectivity index (χ0v) is 45.7. The summed E-state index contributed by atoms with van der Waals surface area (Å²) in [6, 6.07) is 113. The molecule has 84 heavy (non-hydrogen) atoms. The van der Waals surface area contributed by atoms with Crippen LogP contribution in [0.15, 0.2) is 324 Å². The first-order chi connectivity index (χ1) is 41.6. The minimum Gasteiger partial charge on any atom is -0.455 e. The highest BCUT2D eigenvalue weighted by Crippen LogP contribution is 2.48. The molecule has 0 aliphatic rings. The van der Waals surface area contributed by atoms with Gasteiger partial charge in [-0.15, -0.1) is 0 Å². The molecule has 0 spiro atoms. The van der Waals surface area contributed by atoms with Gasteiger partial charge in [0.1, 0.15) is 22.3 Å². The molecule has 0 aliphatic carbocycles. The second kappa shape index (κ2) is 20.4. The predicted molar refractivity (Wildman–Crippen MR) is 353 cm³/mol. The smallest absolute Gasteiger partial charge is 0.147 e. The van der Waals surface area contributed by atoms with Gasteiger partial charge in [-0.05, 0) is 175 Å². The maximum atomic E-state index is 7.12. The Bertz CT molecular complexity index is 4590. The van der Waals surface area contributed by atoms with E-state index in [4.69, 9.17) is 8.83 Å². The molecule has 16 rings (SSSR count). The highest BCUT2D eigenvalue weighted by Gasteiger charge is 2.23. The molecule has 4 heteroatoms. The van der Waals surface area contributed by atoms with Crippen molar-refractivity contribution in [3.8, 4) is 55.6 Å². The Balaban J connectivity index is 0.807. The third-order valence-electron chi connectivity index (χ3n) is 16.6. The average molecular weight is 1070 g/mol. The summed E-state index contributed by atoms with van der Waals surface area (Å²) in [6.45, 7) is 0. The Morgan fingerprint density at radius 2 is 0.464 bits per heavy atom. The van der Waals surface area contributed by atoms with Crippen LogP contribution in [0.4, 0.5) is 34.1 Å². The van der Waals surface area contributed by atoms with Crippen molar-refractivity contribution in [1.82, 2.24) is 0 Å². The van der Waals surface area contributed by atoms with Crippen LogP contribution in [0.3, 0.4) is 0 Å². The fraction of sp³-hybridized carbons (Fsp3) is 0. The summed E-state index contributed by atoms with van der Waals surface area (Å²) in [4.78, 5) is 4.68. The molecule has 0 saturated heterocycles. The molecule has 0 bridgehead atoms. The summed E-state index contributed by atoms with van der Waals surface area (Å²) in [5, 5.41) is 8.63. The van der Waals surface area contributed by atoms with Crippen molar-refractivity contribution in [2.45, 2.75) is 0 Å². The molecule has 0 N–H and O–H groups in total. The van der Waals surface area contributed by atoms with E-state index in [1.807, 2.05) is 0 Å². The molecule has 16 aromatic rings. The molecule has 2 aromatic heterocycles. The van der Waals surface area contributed by atoms with Crippen LogP contribution in [0.25, 0.3) is 121 Å². The quantitative estimate of drug-likeness (QED) is 0.129. The Morgan fingerprint density at radius 3 is 0.774 bits per heavy atom. The minimum absolute atomic E-state index is 0.802. The zero-order valence-electron chi connectivity index (χ0n) is 45.7.